The van der Waals surface area contributed by atoms with E-state index in [0.717, 1.165) is 18.6 Å². The highest BCUT2D eigenvalue weighted by Crippen LogP contribution is 2.18. The molecular weight excluding hydrogens is 404 g/mol. The molecule has 174 valence electrons. The molecule has 0 amide bonds. The number of unbranched alkanes of at least 4 members (excludes halogenated alkanes) is 5. The Kier molecular flexibility index (Phi) is 11.4. The lowest BCUT2D eigenvalue weighted by Gasteiger charge is -2.10. The minimum atomic E-state index is -0.459. The van der Waals surface area contributed by atoms with Crippen LogP contribution in [0.25, 0.3) is 0 Å². The van der Waals surface area contributed by atoms with Crippen LogP contribution >= 0.6 is 0 Å². The van der Waals surface area contributed by atoms with Crippen LogP contribution in [0.15, 0.2) is 48.5 Å². The molecule has 0 aliphatic heterocycles. The predicted octanol–water partition coefficient (Wildman–Crippen LogP) is 6.85. The van der Waals surface area contributed by atoms with Crippen LogP contribution in [-0.2, 0) is 4.74 Å². The molecule has 0 spiro atoms. The van der Waals surface area contributed by atoms with Crippen LogP contribution in [0.4, 0.5) is 0 Å². The van der Waals surface area contributed by atoms with Crippen molar-refractivity contribution >= 4 is 11.9 Å². The average molecular weight is 441 g/mol. The second-order valence-electron chi connectivity index (χ2n) is 8.17. The topological polar surface area (TPSA) is 61.8 Å². The molecule has 2 aromatic carbocycles. The zero-order valence-corrected chi connectivity index (χ0v) is 19.6. The molecule has 0 saturated heterocycles. The fraction of sp³-hybridized carbons (Fsp3) is 0.481. The molecular formula is C27H36O5. The van der Waals surface area contributed by atoms with E-state index in [1.54, 1.807) is 48.5 Å². The average Bonchev–Trinajstić information content (AvgIpc) is 2.82. The van der Waals surface area contributed by atoms with Crippen LogP contribution < -0.4 is 9.47 Å². The SMILES string of the molecule is CCCCCCCCOc1ccc(C(=O)Oc2ccc(C(=O)OCC(C)CC)cc2)cc1. The summed E-state index contributed by atoms with van der Waals surface area (Å²) in [6, 6.07) is 13.3. The first-order chi connectivity index (χ1) is 15.5. The lowest BCUT2D eigenvalue weighted by Crippen LogP contribution is -2.12. The summed E-state index contributed by atoms with van der Waals surface area (Å²) < 4.78 is 16.4. The molecule has 0 bridgehead atoms. The number of carbonyl (C=O) groups is 2. The number of ether oxygens (including phenoxy) is 3. The molecule has 0 aromatic heterocycles. The molecule has 1 atom stereocenters. The summed E-state index contributed by atoms with van der Waals surface area (Å²) in [7, 11) is 0. The van der Waals surface area contributed by atoms with Gasteiger partial charge in [0.25, 0.3) is 0 Å². The number of benzene rings is 2. The maximum atomic E-state index is 12.4. The van der Waals surface area contributed by atoms with Crippen molar-refractivity contribution in [3.8, 4) is 11.5 Å². The summed E-state index contributed by atoms with van der Waals surface area (Å²) in [6.45, 7) is 7.38. The smallest absolute Gasteiger partial charge is 0.343 e. The fourth-order valence-corrected chi connectivity index (χ4v) is 3.00. The predicted molar refractivity (Wildman–Crippen MR) is 126 cm³/mol. The van der Waals surface area contributed by atoms with Gasteiger partial charge in [0, 0.05) is 0 Å². The fourth-order valence-electron chi connectivity index (χ4n) is 3.00. The van der Waals surface area contributed by atoms with Crippen LogP contribution in [0.3, 0.4) is 0 Å². The van der Waals surface area contributed by atoms with Gasteiger partial charge in [0.05, 0.1) is 24.3 Å². The normalized spacial score (nSPS) is 11.6. The molecule has 0 N–H and O–H groups in total. The Labute approximate surface area is 192 Å². The molecule has 0 heterocycles. The third-order valence-corrected chi connectivity index (χ3v) is 5.35. The van der Waals surface area contributed by atoms with Gasteiger partial charge in [0.15, 0.2) is 0 Å². The number of esters is 2. The Hall–Kier alpha value is -2.82. The van der Waals surface area contributed by atoms with Gasteiger partial charge in [-0.1, -0.05) is 59.3 Å². The first kappa shape index (κ1) is 25.4. The third-order valence-electron chi connectivity index (χ3n) is 5.35. The summed E-state index contributed by atoms with van der Waals surface area (Å²) in [6.07, 6.45) is 8.26. The van der Waals surface area contributed by atoms with Crippen molar-refractivity contribution in [2.24, 2.45) is 5.92 Å². The van der Waals surface area contributed by atoms with Gasteiger partial charge in [-0.3, -0.25) is 0 Å². The highest BCUT2D eigenvalue weighted by molar-refractivity contribution is 5.92. The summed E-state index contributed by atoms with van der Waals surface area (Å²) in [5, 5.41) is 0. The van der Waals surface area contributed by atoms with E-state index in [-0.39, 0.29) is 5.97 Å². The van der Waals surface area contributed by atoms with Crippen LogP contribution in [0.1, 0.15) is 86.4 Å². The van der Waals surface area contributed by atoms with Gasteiger partial charge < -0.3 is 14.2 Å². The molecule has 0 radical (unpaired) electrons. The van der Waals surface area contributed by atoms with E-state index in [1.165, 1.54) is 32.1 Å². The van der Waals surface area contributed by atoms with Crippen LogP contribution in [-0.4, -0.2) is 25.2 Å². The van der Waals surface area contributed by atoms with Crippen molar-refractivity contribution in [3.05, 3.63) is 59.7 Å². The number of hydrogen-bond donors (Lipinski definition) is 0. The van der Waals surface area contributed by atoms with Crippen LogP contribution in [0.5, 0.6) is 11.5 Å². The minimum absolute atomic E-state index is 0.325. The molecule has 5 nitrogen and oxygen atoms in total. The van der Waals surface area contributed by atoms with Gasteiger partial charge in [0.2, 0.25) is 0 Å². The van der Waals surface area contributed by atoms with E-state index in [4.69, 9.17) is 14.2 Å². The zero-order chi connectivity index (χ0) is 23.2. The molecule has 2 aromatic rings. The third kappa shape index (κ3) is 9.13. The maximum Gasteiger partial charge on any atom is 0.343 e. The molecule has 0 aliphatic carbocycles. The largest absolute Gasteiger partial charge is 0.494 e. The molecule has 0 aliphatic rings. The van der Waals surface area contributed by atoms with E-state index in [9.17, 15) is 9.59 Å². The summed E-state index contributed by atoms with van der Waals surface area (Å²) >= 11 is 0. The van der Waals surface area contributed by atoms with Gasteiger partial charge in [-0.25, -0.2) is 9.59 Å². The van der Waals surface area contributed by atoms with Crippen molar-refractivity contribution in [2.45, 2.75) is 65.7 Å². The quantitative estimate of drug-likeness (QED) is 0.183. The molecule has 32 heavy (non-hydrogen) atoms. The van der Waals surface area contributed by atoms with E-state index >= 15 is 0 Å². The lowest BCUT2D eigenvalue weighted by atomic mass is 10.1. The lowest BCUT2D eigenvalue weighted by molar-refractivity contribution is 0.0447. The van der Waals surface area contributed by atoms with Gasteiger partial charge in [-0.15, -0.1) is 0 Å². The van der Waals surface area contributed by atoms with Crippen molar-refractivity contribution in [1.82, 2.24) is 0 Å². The standard InChI is InChI=1S/C27H36O5/c1-4-6-7-8-9-10-19-30-24-15-11-23(12-16-24)27(29)32-25-17-13-22(14-18-25)26(28)31-20-21(3)5-2/h11-18,21H,4-10,19-20H2,1-3H3. The maximum absolute atomic E-state index is 12.4. The number of hydrogen-bond acceptors (Lipinski definition) is 5. The molecule has 2 rings (SSSR count). The van der Waals surface area contributed by atoms with Gasteiger partial charge >= 0.3 is 11.9 Å². The van der Waals surface area contributed by atoms with Gasteiger partial charge in [0.1, 0.15) is 11.5 Å². The Balaban J connectivity index is 1.76. The summed E-state index contributed by atoms with van der Waals surface area (Å²) in [4.78, 5) is 24.4. The molecule has 0 saturated carbocycles. The van der Waals surface area contributed by atoms with Crippen LogP contribution in [0.2, 0.25) is 0 Å². The minimum Gasteiger partial charge on any atom is -0.494 e. The monoisotopic (exact) mass is 440 g/mol. The Morgan fingerprint density at radius 1 is 0.750 bits per heavy atom. The first-order valence-corrected chi connectivity index (χ1v) is 11.8. The highest BCUT2D eigenvalue weighted by atomic mass is 16.5. The van der Waals surface area contributed by atoms with Gasteiger partial charge in [-0.2, -0.15) is 0 Å². The number of rotatable bonds is 14. The molecule has 5 heteroatoms. The van der Waals surface area contributed by atoms with Crippen LogP contribution in [0, 0.1) is 5.92 Å². The van der Waals surface area contributed by atoms with E-state index in [2.05, 4.69) is 13.8 Å². The molecule has 1 unspecified atom stereocenters. The van der Waals surface area contributed by atoms with Gasteiger partial charge in [-0.05, 0) is 60.9 Å². The van der Waals surface area contributed by atoms with E-state index in [1.807, 2.05) is 6.92 Å². The Morgan fingerprint density at radius 2 is 1.31 bits per heavy atom. The molecule has 0 fully saturated rings. The second kappa shape index (κ2) is 14.3. The highest BCUT2D eigenvalue weighted by Gasteiger charge is 2.12. The number of carbonyl (C=O) groups excluding carboxylic acids is 2. The van der Waals surface area contributed by atoms with E-state index < -0.39 is 5.97 Å². The van der Waals surface area contributed by atoms with Crippen molar-refractivity contribution in [1.29, 1.82) is 0 Å². The Morgan fingerprint density at radius 3 is 1.94 bits per heavy atom. The van der Waals surface area contributed by atoms with Crippen molar-refractivity contribution in [2.75, 3.05) is 13.2 Å². The Bertz CT molecular complexity index is 811. The van der Waals surface area contributed by atoms with Crippen molar-refractivity contribution in [3.63, 3.8) is 0 Å². The second-order valence-corrected chi connectivity index (χ2v) is 8.17. The van der Waals surface area contributed by atoms with Crippen molar-refractivity contribution < 1.29 is 23.8 Å². The first-order valence-electron chi connectivity index (χ1n) is 11.8. The zero-order valence-electron chi connectivity index (χ0n) is 19.6. The summed E-state index contributed by atoms with van der Waals surface area (Å²) in [5.41, 5.74) is 0.869. The summed E-state index contributed by atoms with van der Waals surface area (Å²) in [5.74, 6) is 0.609. The van der Waals surface area contributed by atoms with E-state index in [0.29, 0.717) is 36.0 Å².